The van der Waals surface area contributed by atoms with Crippen molar-refractivity contribution >= 4 is 0 Å². The van der Waals surface area contributed by atoms with Gasteiger partial charge in [-0.25, -0.2) is 0 Å². The molecule has 2 unspecified atom stereocenters. The van der Waals surface area contributed by atoms with Gasteiger partial charge < -0.3 is 10.4 Å². The van der Waals surface area contributed by atoms with Crippen molar-refractivity contribution in [2.24, 2.45) is 0 Å². The molecule has 0 fully saturated rings. The molecule has 0 radical (unpaired) electrons. The second kappa shape index (κ2) is 6.66. The van der Waals surface area contributed by atoms with E-state index in [0.29, 0.717) is 6.04 Å². The van der Waals surface area contributed by atoms with Crippen molar-refractivity contribution in [2.45, 2.75) is 45.7 Å². The van der Waals surface area contributed by atoms with E-state index >= 15 is 0 Å². The molecule has 16 heavy (non-hydrogen) atoms. The van der Waals surface area contributed by atoms with Crippen molar-refractivity contribution in [2.75, 3.05) is 6.61 Å². The second-order valence-electron chi connectivity index (χ2n) is 4.31. The van der Waals surface area contributed by atoms with Gasteiger partial charge in [0.2, 0.25) is 0 Å². The molecule has 1 aromatic carbocycles. The van der Waals surface area contributed by atoms with E-state index in [1.807, 2.05) is 0 Å². The maximum Gasteiger partial charge on any atom is 0.0626 e. The summed E-state index contributed by atoms with van der Waals surface area (Å²) in [4.78, 5) is 0. The molecule has 0 saturated carbocycles. The number of aryl methyl sites for hydroxylation is 1. The Morgan fingerprint density at radius 3 is 2.25 bits per heavy atom. The van der Waals surface area contributed by atoms with E-state index in [9.17, 15) is 5.11 Å². The summed E-state index contributed by atoms with van der Waals surface area (Å²) in [5.41, 5.74) is 2.50. The first-order chi connectivity index (χ1) is 7.71. The Kier molecular flexibility index (Phi) is 5.50. The maximum absolute atomic E-state index is 9.39. The van der Waals surface area contributed by atoms with E-state index in [4.69, 9.17) is 0 Å². The lowest BCUT2D eigenvalue weighted by Gasteiger charge is -2.21. The van der Waals surface area contributed by atoms with Crippen LogP contribution in [-0.2, 0) is 6.42 Å². The highest BCUT2D eigenvalue weighted by molar-refractivity contribution is 5.25. The fraction of sp³-hybridized carbons (Fsp3) is 0.571. The second-order valence-corrected chi connectivity index (χ2v) is 4.31. The Hall–Kier alpha value is -0.860. The van der Waals surface area contributed by atoms with Gasteiger partial charge in [0.1, 0.15) is 0 Å². The first-order valence-corrected chi connectivity index (χ1v) is 6.17. The minimum atomic E-state index is 0.0563. The summed E-state index contributed by atoms with van der Waals surface area (Å²) >= 11 is 0. The maximum atomic E-state index is 9.39. The number of nitrogens with one attached hydrogen (secondary N) is 1. The standard InChI is InChI=1S/C14H23NO/c1-4-11(3)15-14(10-16)13-8-6-12(5-2)7-9-13/h6-9,11,14-16H,4-5,10H2,1-3H3. The van der Waals surface area contributed by atoms with Crippen LogP contribution in [0.4, 0.5) is 0 Å². The Labute approximate surface area is 98.7 Å². The van der Waals surface area contributed by atoms with Crippen LogP contribution < -0.4 is 5.32 Å². The van der Waals surface area contributed by atoms with E-state index in [1.54, 1.807) is 0 Å². The van der Waals surface area contributed by atoms with Gasteiger partial charge in [-0.3, -0.25) is 0 Å². The fourth-order valence-electron chi connectivity index (χ4n) is 1.70. The topological polar surface area (TPSA) is 32.3 Å². The highest BCUT2D eigenvalue weighted by atomic mass is 16.3. The van der Waals surface area contributed by atoms with Crippen molar-refractivity contribution in [1.29, 1.82) is 0 Å². The molecule has 0 aliphatic rings. The molecule has 0 aromatic heterocycles. The van der Waals surface area contributed by atoms with E-state index in [-0.39, 0.29) is 12.6 Å². The SMILES string of the molecule is CCc1ccc(C(CO)NC(C)CC)cc1. The lowest BCUT2D eigenvalue weighted by Crippen LogP contribution is -2.32. The van der Waals surface area contributed by atoms with Crippen molar-refractivity contribution in [3.05, 3.63) is 35.4 Å². The van der Waals surface area contributed by atoms with Gasteiger partial charge in [0.05, 0.1) is 12.6 Å². The zero-order chi connectivity index (χ0) is 12.0. The zero-order valence-corrected chi connectivity index (χ0v) is 10.5. The van der Waals surface area contributed by atoms with E-state index < -0.39 is 0 Å². The van der Waals surface area contributed by atoms with E-state index in [0.717, 1.165) is 12.8 Å². The molecule has 1 aromatic rings. The summed E-state index contributed by atoms with van der Waals surface area (Å²) in [6.45, 7) is 6.58. The van der Waals surface area contributed by atoms with Crippen LogP contribution in [0, 0.1) is 0 Å². The van der Waals surface area contributed by atoms with Crippen LogP contribution in [0.5, 0.6) is 0 Å². The predicted octanol–water partition coefficient (Wildman–Crippen LogP) is 2.67. The van der Waals surface area contributed by atoms with Crippen molar-refractivity contribution < 1.29 is 5.11 Å². The summed E-state index contributed by atoms with van der Waals surface area (Å²) in [6.07, 6.45) is 2.13. The molecule has 2 atom stereocenters. The van der Waals surface area contributed by atoms with Gasteiger partial charge >= 0.3 is 0 Å². The minimum absolute atomic E-state index is 0.0563. The van der Waals surface area contributed by atoms with Crippen LogP contribution >= 0.6 is 0 Å². The third kappa shape index (κ3) is 3.62. The molecule has 1 rings (SSSR count). The number of benzene rings is 1. The molecule has 0 aliphatic heterocycles. The lowest BCUT2D eigenvalue weighted by atomic mass is 10.0. The third-order valence-corrected chi connectivity index (χ3v) is 3.07. The molecule has 90 valence electrons. The number of aliphatic hydroxyl groups excluding tert-OH is 1. The van der Waals surface area contributed by atoms with Crippen LogP contribution in [0.2, 0.25) is 0 Å². The Morgan fingerprint density at radius 2 is 1.81 bits per heavy atom. The van der Waals surface area contributed by atoms with Crippen LogP contribution in [0.25, 0.3) is 0 Å². The average molecular weight is 221 g/mol. The molecule has 0 aliphatic carbocycles. The van der Waals surface area contributed by atoms with Crippen molar-refractivity contribution in [1.82, 2.24) is 5.32 Å². The fourth-order valence-corrected chi connectivity index (χ4v) is 1.70. The summed E-state index contributed by atoms with van der Waals surface area (Å²) in [5, 5.41) is 12.8. The zero-order valence-electron chi connectivity index (χ0n) is 10.5. The van der Waals surface area contributed by atoms with Gasteiger partial charge in [0, 0.05) is 6.04 Å². The monoisotopic (exact) mass is 221 g/mol. The third-order valence-electron chi connectivity index (χ3n) is 3.07. The van der Waals surface area contributed by atoms with E-state index in [2.05, 4.69) is 50.4 Å². The summed E-state index contributed by atoms with van der Waals surface area (Å²) in [5.74, 6) is 0. The van der Waals surface area contributed by atoms with Crippen molar-refractivity contribution in [3.63, 3.8) is 0 Å². The van der Waals surface area contributed by atoms with Crippen LogP contribution in [0.15, 0.2) is 24.3 Å². The lowest BCUT2D eigenvalue weighted by molar-refractivity contribution is 0.234. The Bertz CT molecular complexity index is 294. The summed E-state index contributed by atoms with van der Waals surface area (Å²) in [6, 6.07) is 8.97. The van der Waals surface area contributed by atoms with Gasteiger partial charge in [-0.15, -0.1) is 0 Å². The van der Waals surface area contributed by atoms with Gasteiger partial charge in [-0.1, -0.05) is 38.1 Å². The quantitative estimate of drug-likeness (QED) is 0.774. The molecule has 0 amide bonds. The van der Waals surface area contributed by atoms with Crippen molar-refractivity contribution in [3.8, 4) is 0 Å². The largest absolute Gasteiger partial charge is 0.394 e. The molecule has 0 bridgehead atoms. The Morgan fingerprint density at radius 1 is 1.19 bits per heavy atom. The van der Waals surface area contributed by atoms with Gasteiger partial charge in [0.25, 0.3) is 0 Å². The molecule has 2 heteroatoms. The molecular formula is C14H23NO. The normalized spacial score (nSPS) is 14.8. The first-order valence-electron chi connectivity index (χ1n) is 6.17. The van der Waals surface area contributed by atoms with Gasteiger partial charge in [0.15, 0.2) is 0 Å². The number of rotatable bonds is 6. The summed E-state index contributed by atoms with van der Waals surface area (Å²) < 4.78 is 0. The minimum Gasteiger partial charge on any atom is -0.394 e. The van der Waals surface area contributed by atoms with E-state index in [1.165, 1.54) is 11.1 Å². The molecule has 0 saturated heterocycles. The molecule has 2 nitrogen and oxygen atoms in total. The molecular weight excluding hydrogens is 198 g/mol. The highest BCUT2D eigenvalue weighted by Crippen LogP contribution is 2.15. The summed E-state index contributed by atoms with van der Waals surface area (Å²) in [7, 11) is 0. The number of aliphatic hydroxyl groups is 1. The number of hydrogen-bond donors (Lipinski definition) is 2. The molecule has 0 spiro atoms. The van der Waals surface area contributed by atoms with Crippen LogP contribution in [-0.4, -0.2) is 17.8 Å². The highest BCUT2D eigenvalue weighted by Gasteiger charge is 2.11. The predicted molar refractivity (Wildman–Crippen MR) is 68.5 cm³/mol. The van der Waals surface area contributed by atoms with Gasteiger partial charge in [-0.2, -0.15) is 0 Å². The average Bonchev–Trinajstić information content (AvgIpc) is 2.35. The van der Waals surface area contributed by atoms with Gasteiger partial charge in [-0.05, 0) is 30.9 Å². The first kappa shape index (κ1) is 13.2. The molecule has 2 N–H and O–H groups in total. The molecule has 0 heterocycles. The van der Waals surface area contributed by atoms with Crippen LogP contribution in [0.3, 0.4) is 0 Å². The number of hydrogen-bond acceptors (Lipinski definition) is 2. The Balaban J connectivity index is 2.70. The smallest absolute Gasteiger partial charge is 0.0626 e. The van der Waals surface area contributed by atoms with Crippen LogP contribution in [0.1, 0.15) is 44.4 Å².